The molecule has 136 heavy (non-hydrogen) atoms. The highest BCUT2D eigenvalue weighted by Gasteiger charge is 2.30. The number of methoxy groups -OCH3 is 2. The third kappa shape index (κ3) is 63.0. The molecule has 0 radical (unpaired) electrons. The average Bonchev–Trinajstić information content (AvgIpc) is 0.873. The van der Waals surface area contributed by atoms with Gasteiger partial charge in [-0.25, -0.2) is 10.3 Å². The molecule has 9 heterocycles. The third-order valence-electron chi connectivity index (χ3n) is 17.1. The molecule has 0 aliphatic heterocycles. The number of carbonyl (C=O) groups is 12. The number of ketones is 6. The number of hydroxylamine groups is 1. The van der Waals surface area contributed by atoms with Gasteiger partial charge >= 0.3 is 36.2 Å². The number of ether oxygens (including phenoxy) is 2. The summed E-state index contributed by atoms with van der Waals surface area (Å²) in [5, 5.41) is 51.8. The Kier molecular flexibility index (Phi) is 64.2. The number of carbonyl (C=O) groups excluding carboxylic acids is 14. The number of hydrogen-bond acceptors (Lipinski definition) is 31. The minimum atomic E-state index is -1.01. The van der Waals surface area contributed by atoms with Crippen LogP contribution in [0.5, 0.6) is 0 Å². The van der Waals surface area contributed by atoms with Gasteiger partial charge in [0.15, 0.2) is 41.0 Å². The fraction of sp³-hybridized carbons (Fsp3) is 0.265. The topological polar surface area (TPSA) is 541 Å². The van der Waals surface area contributed by atoms with E-state index in [9.17, 15) is 57.5 Å². The molecule has 0 atom stereocenters. The summed E-state index contributed by atoms with van der Waals surface area (Å²) in [7, 11) is 2.81. The Morgan fingerprint density at radius 3 is 0.801 bits per heavy atom. The Morgan fingerprint density at radius 1 is 0.346 bits per heavy atom. The van der Waals surface area contributed by atoms with Crippen molar-refractivity contribution >= 4 is 132 Å². The zero-order valence-corrected chi connectivity index (χ0v) is 78.5. The number of aryl methyl sites for hydroxylation is 4. The van der Waals surface area contributed by atoms with Crippen LogP contribution in [0.25, 0.3) is 48.6 Å². The van der Waals surface area contributed by atoms with Crippen LogP contribution in [0.1, 0.15) is 197 Å². The van der Waals surface area contributed by atoms with Gasteiger partial charge in [-0.3, -0.25) is 103 Å². The van der Waals surface area contributed by atoms with Crippen LogP contribution in [-0.4, -0.2) is 173 Å². The number of aromatic nitrogens is 9. The molecule has 0 aliphatic carbocycles. The van der Waals surface area contributed by atoms with E-state index in [1.807, 2.05) is 101 Å². The fourth-order valence-corrected chi connectivity index (χ4v) is 9.24. The summed E-state index contributed by atoms with van der Waals surface area (Å²) in [5.41, 5.74) is 12.1. The first kappa shape index (κ1) is 122. The summed E-state index contributed by atoms with van der Waals surface area (Å²) < 4.78 is 9.56. The predicted octanol–water partition coefficient (Wildman–Crippen LogP) is 13.7. The Balaban J connectivity index is 0. The lowest BCUT2D eigenvalue weighted by Crippen LogP contribution is -2.26. The van der Waals surface area contributed by atoms with E-state index in [1.165, 1.54) is 122 Å². The second kappa shape index (κ2) is 71.6. The van der Waals surface area contributed by atoms with Gasteiger partial charge in [-0.1, -0.05) is 48.5 Å². The number of aliphatic carboxylic acids is 2. The molecule has 9 rings (SSSR count). The molecule has 0 aliphatic rings. The monoisotopic (exact) mass is 1860 g/mol. The molecule has 0 saturated carbocycles. The van der Waals surface area contributed by atoms with E-state index < -0.39 is 34.1 Å². The van der Waals surface area contributed by atoms with Gasteiger partial charge in [-0.15, -0.1) is 0 Å². The number of rotatable bonds is 32. The van der Waals surface area contributed by atoms with Crippen LogP contribution >= 0.6 is 0 Å². The lowest BCUT2D eigenvalue weighted by Gasteiger charge is -2.21. The smallest absolute Gasteiger partial charge is 0.373 e. The van der Waals surface area contributed by atoms with Crippen molar-refractivity contribution in [2.45, 2.75) is 148 Å². The van der Waals surface area contributed by atoms with Crippen LogP contribution in [0.15, 0.2) is 226 Å². The summed E-state index contributed by atoms with van der Waals surface area (Å²) in [4.78, 5) is 198. The number of nitrogens with one attached hydrogen (secondary N) is 1. The second-order valence-corrected chi connectivity index (χ2v) is 30.1. The molecule has 718 valence electrons. The molecule has 34 nitrogen and oxygen atoms in total. The number of allylic oxidation sites excluding steroid dienone is 6. The predicted molar refractivity (Wildman–Crippen MR) is 508 cm³/mol. The summed E-state index contributed by atoms with van der Waals surface area (Å²) in [6.45, 7) is 21.7. The van der Waals surface area contributed by atoms with Crippen LogP contribution in [0.2, 0.25) is 0 Å². The number of carboxylic acid groups (broad SMARTS) is 2. The first-order valence-electron chi connectivity index (χ1n) is 41.2. The molecular formula is C102H116N10O24. The summed E-state index contributed by atoms with van der Waals surface area (Å²) in [5.74, 6) is -2.87. The van der Waals surface area contributed by atoms with E-state index in [0.29, 0.717) is 65.3 Å². The molecular weight excluding hydrogens is 1750 g/mol. The SMILES string of the molecule is CC(=O)/C=C/c1ccc(C=O)cn1.CC(=O)/C=C/c1ccc(CO)cn1.CC(=O)/C=C/c1ccc(CO)cn1.CC(=O)/C=C/c1ccccn1.CC(C)(CCc1ccc(/C=C/C(=O)NO)nc1)C(=O)O.COC(=O)C(C)(C)CCc1ccc(/C=C/C(C)=O)nc1.COC(=O)C(C)(C)CCc1ccc(/C=C/C(C)=O)nc1.Cc1ccccn1.O=C(O)/C=C/c1ccc(CO)cn1.O=C=O.O=C=O. The molecule has 0 bridgehead atoms. The highest BCUT2D eigenvalue weighted by atomic mass is 16.5. The molecule has 9 aromatic rings. The van der Waals surface area contributed by atoms with Crippen molar-refractivity contribution in [1.29, 1.82) is 0 Å². The number of hydrogen-bond donors (Lipinski definition) is 7. The van der Waals surface area contributed by atoms with Gasteiger partial charge in [-0.05, 0) is 320 Å². The number of nitrogens with zero attached hydrogens (tertiary/aromatic N) is 9. The molecule has 0 spiro atoms. The quantitative estimate of drug-likeness (QED) is 0.00677. The van der Waals surface area contributed by atoms with Gasteiger partial charge in [0.05, 0.1) is 95.8 Å². The van der Waals surface area contributed by atoms with Gasteiger partial charge in [0.2, 0.25) is 0 Å². The number of amides is 1. The largest absolute Gasteiger partial charge is 0.481 e. The number of esters is 2. The molecule has 7 N–H and O–H groups in total. The Bertz CT molecular complexity index is 5200. The fourth-order valence-electron chi connectivity index (χ4n) is 9.24. The highest BCUT2D eigenvalue weighted by molar-refractivity contribution is 5.94. The molecule has 9 aromatic heterocycles. The molecule has 0 saturated heterocycles. The maximum atomic E-state index is 11.6. The lowest BCUT2D eigenvalue weighted by molar-refractivity contribution is -0.193. The van der Waals surface area contributed by atoms with Crippen molar-refractivity contribution in [3.63, 3.8) is 0 Å². The number of aliphatic hydroxyl groups is 3. The number of aldehydes is 1. The molecule has 1 amide bonds. The number of carboxylic acids is 2. The lowest BCUT2D eigenvalue weighted by atomic mass is 9.86. The van der Waals surface area contributed by atoms with E-state index in [2.05, 4.69) is 44.9 Å². The maximum absolute atomic E-state index is 11.6. The van der Waals surface area contributed by atoms with E-state index >= 15 is 0 Å². The normalized spacial score (nSPS) is 10.5. The van der Waals surface area contributed by atoms with Gasteiger partial charge in [0.1, 0.15) is 0 Å². The zero-order chi connectivity index (χ0) is 103. The number of pyridine rings is 9. The Morgan fingerprint density at radius 2 is 0.603 bits per heavy atom. The van der Waals surface area contributed by atoms with Gasteiger partial charge < -0.3 is 35.0 Å². The van der Waals surface area contributed by atoms with Crippen molar-refractivity contribution < 1.29 is 117 Å². The Hall–Kier alpha value is -16.1. The Labute approximate surface area is 789 Å². The first-order chi connectivity index (χ1) is 64.4. The van der Waals surface area contributed by atoms with Crippen molar-refractivity contribution in [2.24, 2.45) is 16.2 Å². The standard InChI is InChI=1S/2C16H21NO3.C14H18N2O4.2C10H11NO2.C10H9NO2.C9H9NO3.C9H9NO.C6H7N.2CO2/c2*1-12(18)5-7-14-8-6-13(11-17-14)9-10-16(2,3)15(19)20-4;1-14(2,13(18)19)8-7-10-3-4-11(15-9-10)5-6-12(17)16-20;3*1-8(13)2-4-10-5-3-9(7-12)6-11-10;11-6-7-1-2-8(10-5-7)3-4-9(12)13;1-8(11)5-6-9-4-2-3-7-10-9;1-6-4-2-3-5-7-6;2*2-1-3/h2*5-8,11H,9-10H2,1-4H3;3-6,9,20H,7-8H2,1-2H3,(H,16,17)(H,18,19);2*2-6,12H,7H2,1H3;2-7H,1H3;1-5,11H,6H2,(H,12,13);2-7H,1H3;2-5H,1H3;;/b2*7-5+;6-5+;3*4-2+;4-3+;6-5+;;;. The first-order valence-corrected chi connectivity index (χ1v) is 41.2. The van der Waals surface area contributed by atoms with Crippen LogP contribution in [0, 0.1) is 23.2 Å². The third-order valence-corrected chi connectivity index (χ3v) is 17.1. The van der Waals surface area contributed by atoms with Crippen molar-refractivity contribution in [1.82, 2.24) is 50.3 Å². The van der Waals surface area contributed by atoms with E-state index in [4.69, 9.17) is 59.4 Å². The van der Waals surface area contributed by atoms with Gasteiger partial charge in [0, 0.05) is 79.2 Å². The van der Waals surface area contributed by atoms with Crippen molar-refractivity contribution in [2.75, 3.05) is 14.2 Å². The minimum absolute atomic E-state index is 0.00398. The minimum Gasteiger partial charge on any atom is -0.481 e. The summed E-state index contributed by atoms with van der Waals surface area (Å²) in [6, 6.07) is 36.3. The molecule has 0 aromatic carbocycles. The highest BCUT2D eigenvalue weighted by Crippen LogP contribution is 2.27. The van der Waals surface area contributed by atoms with Crippen molar-refractivity contribution in [3.8, 4) is 0 Å². The number of aliphatic hydroxyl groups excluding tert-OH is 3. The summed E-state index contributed by atoms with van der Waals surface area (Å²) in [6.07, 6.45) is 43.9. The second-order valence-electron chi connectivity index (χ2n) is 30.1. The average molecular weight is 1870 g/mol. The van der Waals surface area contributed by atoms with Gasteiger partial charge in [-0.2, -0.15) is 19.2 Å². The van der Waals surface area contributed by atoms with E-state index in [-0.39, 0.29) is 78.8 Å². The summed E-state index contributed by atoms with van der Waals surface area (Å²) >= 11 is 0. The molecule has 34 heteroatoms. The van der Waals surface area contributed by atoms with Crippen LogP contribution in [-0.2, 0) is 120 Å². The van der Waals surface area contributed by atoms with E-state index in [0.717, 1.165) is 81.9 Å². The van der Waals surface area contributed by atoms with E-state index in [1.54, 1.807) is 148 Å². The molecule has 0 fully saturated rings. The maximum Gasteiger partial charge on any atom is 0.373 e. The molecule has 0 unspecified atom stereocenters. The van der Waals surface area contributed by atoms with Crippen LogP contribution < -0.4 is 5.48 Å². The van der Waals surface area contributed by atoms with Crippen molar-refractivity contribution in [3.05, 3.63) is 316 Å². The van der Waals surface area contributed by atoms with Gasteiger partial charge in [0.25, 0.3) is 5.91 Å². The zero-order valence-electron chi connectivity index (χ0n) is 78.5. The van der Waals surface area contributed by atoms with Crippen LogP contribution in [0.3, 0.4) is 0 Å². The van der Waals surface area contributed by atoms with Crippen LogP contribution in [0.4, 0.5) is 0 Å².